The van der Waals surface area contributed by atoms with Gasteiger partial charge in [-0.25, -0.2) is 9.95 Å². The molecule has 1 aromatic carbocycles. The van der Waals surface area contributed by atoms with Crippen LogP contribution < -0.4 is 5.63 Å². The van der Waals surface area contributed by atoms with Gasteiger partial charge in [-0.15, -0.1) is 0 Å². The van der Waals surface area contributed by atoms with Crippen molar-refractivity contribution in [1.82, 2.24) is 5.16 Å². The predicted molar refractivity (Wildman–Crippen MR) is 46.9 cm³/mol. The third-order valence-electron chi connectivity index (χ3n) is 1.52. The minimum atomic E-state index is -0.464. The predicted octanol–water partition coefficient (Wildman–Crippen LogP) is 2.43. The van der Waals surface area contributed by atoms with E-state index in [1.807, 2.05) is 0 Å². The fourth-order valence-corrected chi connectivity index (χ4v) is 1.52. The molecular formula is C7H3Cl2NO2. The molecule has 12 heavy (non-hydrogen) atoms. The van der Waals surface area contributed by atoms with Gasteiger partial charge in [-0.2, -0.15) is 0 Å². The molecule has 2 rings (SSSR count). The molecule has 1 aromatic heterocycles. The van der Waals surface area contributed by atoms with Gasteiger partial charge < -0.3 is 4.52 Å². The number of aromatic nitrogens is 1. The first-order valence-corrected chi connectivity index (χ1v) is 3.90. The topological polar surface area (TPSA) is 46.0 Å². The van der Waals surface area contributed by atoms with Gasteiger partial charge in [0.05, 0.1) is 10.4 Å². The van der Waals surface area contributed by atoms with Crippen molar-refractivity contribution in [2.75, 3.05) is 0 Å². The van der Waals surface area contributed by atoms with Crippen LogP contribution in [0.3, 0.4) is 0 Å². The van der Waals surface area contributed by atoms with Crippen molar-refractivity contribution < 1.29 is 4.52 Å². The van der Waals surface area contributed by atoms with Crippen molar-refractivity contribution in [3.8, 4) is 0 Å². The number of hydrogen-bond donors (Lipinski definition) is 1. The van der Waals surface area contributed by atoms with E-state index >= 15 is 0 Å². The van der Waals surface area contributed by atoms with E-state index < -0.39 is 5.63 Å². The Balaban J connectivity index is 3.02. The fraction of sp³-hybridized carbons (Fsp3) is 0. The molecule has 0 aliphatic rings. The summed E-state index contributed by atoms with van der Waals surface area (Å²) in [5, 5.41) is 3.57. The van der Waals surface area contributed by atoms with Crippen LogP contribution in [0.15, 0.2) is 21.5 Å². The molecule has 62 valence electrons. The first-order valence-electron chi connectivity index (χ1n) is 3.15. The summed E-state index contributed by atoms with van der Waals surface area (Å²) in [6.45, 7) is 0. The van der Waals surface area contributed by atoms with Crippen molar-refractivity contribution >= 4 is 34.1 Å². The Hall–Kier alpha value is -0.930. The summed E-state index contributed by atoms with van der Waals surface area (Å²) in [6, 6.07) is 3.04. The van der Waals surface area contributed by atoms with Gasteiger partial charge in [0, 0.05) is 5.02 Å². The quantitative estimate of drug-likeness (QED) is 0.716. The lowest BCUT2D eigenvalue weighted by Crippen LogP contribution is -1.90. The van der Waals surface area contributed by atoms with Gasteiger partial charge in [-0.3, -0.25) is 0 Å². The number of aromatic amines is 1. The Labute approximate surface area is 76.8 Å². The molecule has 0 bridgehead atoms. The molecule has 0 fully saturated rings. The zero-order valence-electron chi connectivity index (χ0n) is 5.73. The zero-order chi connectivity index (χ0) is 8.72. The molecule has 0 aliphatic carbocycles. The Morgan fingerprint density at radius 1 is 1.33 bits per heavy atom. The maximum atomic E-state index is 11.0. The Kier molecular flexibility index (Phi) is 1.63. The first kappa shape index (κ1) is 7.71. The highest BCUT2D eigenvalue weighted by atomic mass is 35.5. The van der Waals surface area contributed by atoms with E-state index in [2.05, 4.69) is 9.68 Å². The van der Waals surface area contributed by atoms with Crippen molar-refractivity contribution in [3.05, 3.63) is 32.6 Å². The smallest absolute Gasteiger partial charge is 0.338 e. The number of nitrogens with one attached hydrogen (secondary N) is 1. The number of hydrogen-bond acceptors (Lipinski definition) is 2. The molecule has 2 aromatic rings. The van der Waals surface area contributed by atoms with Gasteiger partial charge in [0.25, 0.3) is 0 Å². The summed E-state index contributed by atoms with van der Waals surface area (Å²) in [7, 11) is 0. The molecule has 3 nitrogen and oxygen atoms in total. The largest absolute Gasteiger partial charge is 0.365 e. The lowest BCUT2D eigenvalue weighted by molar-refractivity contribution is 0.400. The highest BCUT2D eigenvalue weighted by Gasteiger charge is 2.07. The highest BCUT2D eigenvalue weighted by Crippen LogP contribution is 2.24. The average molecular weight is 204 g/mol. The minimum Gasteiger partial charge on any atom is -0.338 e. The second-order valence-corrected chi connectivity index (χ2v) is 3.15. The van der Waals surface area contributed by atoms with Crippen LogP contribution in [-0.4, -0.2) is 5.16 Å². The number of rotatable bonds is 0. The molecule has 0 spiro atoms. The lowest BCUT2D eigenvalue weighted by atomic mass is 10.2. The summed E-state index contributed by atoms with van der Waals surface area (Å²) < 4.78 is 4.53. The normalized spacial score (nSPS) is 10.8. The van der Waals surface area contributed by atoms with Gasteiger partial charge >= 0.3 is 5.63 Å². The van der Waals surface area contributed by atoms with Crippen LogP contribution >= 0.6 is 23.2 Å². The third-order valence-corrected chi connectivity index (χ3v) is 2.04. The summed E-state index contributed by atoms with van der Waals surface area (Å²) in [5.74, 6) is 0. The van der Waals surface area contributed by atoms with Crippen LogP contribution in [0.25, 0.3) is 10.9 Å². The number of fused-ring (bicyclic) bond motifs is 1. The van der Waals surface area contributed by atoms with Gasteiger partial charge in [0.1, 0.15) is 5.52 Å². The molecule has 0 saturated heterocycles. The number of halogens is 2. The van der Waals surface area contributed by atoms with Crippen molar-refractivity contribution in [2.45, 2.75) is 0 Å². The van der Waals surface area contributed by atoms with E-state index in [4.69, 9.17) is 23.2 Å². The van der Waals surface area contributed by atoms with Crippen molar-refractivity contribution in [3.63, 3.8) is 0 Å². The van der Waals surface area contributed by atoms with Crippen molar-refractivity contribution in [1.29, 1.82) is 0 Å². The minimum absolute atomic E-state index is 0.368. The SMILES string of the molecule is O=c1o[nH]c2c(Cl)cc(Cl)cc12. The fourth-order valence-electron chi connectivity index (χ4n) is 0.991. The third kappa shape index (κ3) is 1.02. The van der Waals surface area contributed by atoms with Crippen LogP contribution in [0.1, 0.15) is 0 Å². The second-order valence-electron chi connectivity index (χ2n) is 2.30. The average Bonchev–Trinajstić information content (AvgIpc) is 2.33. The van der Waals surface area contributed by atoms with Gasteiger partial charge in [-0.1, -0.05) is 23.2 Å². The second kappa shape index (κ2) is 2.54. The maximum Gasteiger partial charge on any atom is 0.365 e. The molecular weight excluding hydrogens is 201 g/mol. The van der Waals surface area contributed by atoms with Crippen molar-refractivity contribution in [2.24, 2.45) is 0 Å². The Morgan fingerprint density at radius 2 is 2.08 bits per heavy atom. The Bertz CT molecular complexity index is 486. The molecule has 0 radical (unpaired) electrons. The number of H-pyrrole nitrogens is 1. The first-order chi connectivity index (χ1) is 5.68. The van der Waals surface area contributed by atoms with E-state index in [1.54, 1.807) is 0 Å². The Morgan fingerprint density at radius 3 is 2.83 bits per heavy atom. The van der Waals surface area contributed by atoms with E-state index in [9.17, 15) is 4.79 Å². The molecule has 5 heteroatoms. The maximum absolute atomic E-state index is 11.0. The standard InChI is InChI=1S/C7H3Cl2NO2/c8-3-1-4-6(5(9)2-3)10-12-7(4)11/h1-2,10H. The molecule has 0 atom stereocenters. The summed E-state index contributed by atoms with van der Waals surface area (Å²) >= 11 is 11.4. The molecule has 0 amide bonds. The molecule has 0 saturated carbocycles. The van der Waals surface area contributed by atoms with Gasteiger partial charge in [0.15, 0.2) is 0 Å². The molecule has 1 heterocycles. The van der Waals surface area contributed by atoms with E-state index in [0.29, 0.717) is 20.9 Å². The monoisotopic (exact) mass is 203 g/mol. The van der Waals surface area contributed by atoms with Crippen LogP contribution in [-0.2, 0) is 0 Å². The van der Waals surface area contributed by atoms with Crippen LogP contribution in [0.5, 0.6) is 0 Å². The van der Waals surface area contributed by atoms with E-state index in [-0.39, 0.29) is 0 Å². The zero-order valence-corrected chi connectivity index (χ0v) is 7.24. The summed E-state index contributed by atoms with van der Waals surface area (Å²) in [5.41, 5.74) is 0.0143. The van der Waals surface area contributed by atoms with E-state index in [0.717, 1.165) is 0 Å². The van der Waals surface area contributed by atoms with Crippen LogP contribution in [0.4, 0.5) is 0 Å². The van der Waals surface area contributed by atoms with Gasteiger partial charge in [-0.05, 0) is 12.1 Å². The van der Waals surface area contributed by atoms with Gasteiger partial charge in [0.2, 0.25) is 0 Å². The summed E-state index contributed by atoms with van der Waals surface area (Å²) in [6.07, 6.45) is 0. The number of benzene rings is 1. The molecule has 0 unspecified atom stereocenters. The lowest BCUT2D eigenvalue weighted by Gasteiger charge is -1.91. The molecule has 0 aliphatic heterocycles. The summed E-state index contributed by atoms with van der Waals surface area (Å²) in [4.78, 5) is 11.0. The molecule has 1 N–H and O–H groups in total. The van der Waals surface area contributed by atoms with E-state index in [1.165, 1.54) is 12.1 Å². The van der Waals surface area contributed by atoms with Crippen LogP contribution in [0.2, 0.25) is 10.0 Å². The van der Waals surface area contributed by atoms with Crippen LogP contribution in [0, 0.1) is 0 Å². The highest BCUT2D eigenvalue weighted by molar-refractivity contribution is 6.38.